The van der Waals surface area contributed by atoms with Crippen LogP contribution in [0.3, 0.4) is 0 Å². The lowest BCUT2D eigenvalue weighted by atomic mass is 9.83. The number of nitrogens with zero attached hydrogens (tertiary/aromatic N) is 4. The number of ether oxygens (including phenoxy) is 1. The fourth-order valence-electron chi connectivity index (χ4n) is 4.77. The van der Waals surface area contributed by atoms with E-state index in [1.165, 1.54) is 31.2 Å². The molecule has 2 N–H and O–H groups in total. The summed E-state index contributed by atoms with van der Waals surface area (Å²) in [5.74, 6) is 1.98. The number of hydrogen-bond acceptors (Lipinski definition) is 5. The first-order valence-corrected chi connectivity index (χ1v) is 12.1. The smallest absolute Gasteiger partial charge is 0.191 e. The second-order valence-electron chi connectivity index (χ2n) is 8.94. The molecule has 1 aromatic heterocycles. The largest absolute Gasteiger partial charge is 0.385 e. The van der Waals surface area contributed by atoms with E-state index in [2.05, 4.69) is 51.4 Å². The Labute approximate surface area is 211 Å². The van der Waals surface area contributed by atoms with Crippen molar-refractivity contribution >= 4 is 35.8 Å². The van der Waals surface area contributed by atoms with Crippen LogP contribution in [-0.2, 0) is 11.3 Å². The Kier molecular flexibility index (Phi) is 12.0. The molecular weight excluding hydrogens is 515 g/mol. The Bertz CT molecular complexity index is 687. The summed E-state index contributed by atoms with van der Waals surface area (Å²) in [5.41, 5.74) is 1.55. The lowest BCUT2D eigenvalue weighted by molar-refractivity contribution is 0.138. The molecule has 0 radical (unpaired) electrons. The Morgan fingerprint density at radius 1 is 1.16 bits per heavy atom. The number of rotatable bonds is 10. The van der Waals surface area contributed by atoms with Gasteiger partial charge >= 0.3 is 0 Å². The number of guanidine groups is 1. The van der Waals surface area contributed by atoms with Crippen molar-refractivity contribution < 1.29 is 4.74 Å². The molecule has 7 nitrogen and oxygen atoms in total. The van der Waals surface area contributed by atoms with Crippen molar-refractivity contribution in [3.8, 4) is 0 Å². The molecule has 1 saturated carbocycles. The number of aromatic nitrogens is 1. The first kappa shape index (κ1) is 27.1. The summed E-state index contributed by atoms with van der Waals surface area (Å²) in [6, 6.07) is 4.28. The van der Waals surface area contributed by atoms with Crippen LogP contribution < -0.4 is 15.5 Å². The molecule has 8 heteroatoms. The maximum absolute atomic E-state index is 5.38. The van der Waals surface area contributed by atoms with Crippen molar-refractivity contribution in [3.05, 3.63) is 23.9 Å². The quantitative estimate of drug-likeness (QED) is 0.261. The third kappa shape index (κ3) is 8.02. The predicted octanol–water partition coefficient (Wildman–Crippen LogP) is 3.49. The van der Waals surface area contributed by atoms with Crippen LogP contribution >= 0.6 is 24.0 Å². The zero-order valence-electron chi connectivity index (χ0n) is 20.2. The summed E-state index contributed by atoms with van der Waals surface area (Å²) in [5, 5.41) is 7.04. The standard InChI is InChI=1S/C24H42N6O.HI/c1-4-25-23(28-20-24(11-17-31-3)9-6-7-10-24)27-19-21-8-12-26-22(18-21)30-15-13-29(5-2)14-16-30;/h8,12,18H,4-7,9-11,13-17,19-20H2,1-3H3,(H2,25,27,28);1H. The number of pyridine rings is 1. The van der Waals surface area contributed by atoms with Crippen LogP contribution in [0.15, 0.2) is 23.3 Å². The Morgan fingerprint density at radius 2 is 1.91 bits per heavy atom. The average molecular weight is 559 g/mol. The predicted molar refractivity (Wildman–Crippen MR) is 144 cm³/mol. The molecule has 2 aliphatic rings. The van der Waals surface area contributed by atoms with Crippen LogP contribution in [-0.4, -0.2) is 75.4 Å². The molecule has 1 aliphatic heterocycles. The van der Waals surface area contributed by atoms with Gasteiger partial charge in [-0.2, -0.15) is 0 Å². The van der Waals surface area contributed by atoms with Crippen LogP contribution in [0.1, 0.15) is 51.5 Å². The first-order valence-electron chi connectivity index (χ1n) is 12.1. The highest BCUT2D eigenvalue weighted by Crippen LogP contribution is 2.40. The van der Waals surface area contributed by atoms with E-state index in [1.54, 1.807) is 7.11 Å². The van der Waals surface area contributed by atoms with E-state index in [0.717, 1.165) is 70.6 Å². The molecule has 1 aliphatic carbocycles. The van der Waals surface area contributed by atoms with Gasteiger partial charge in [-0.3, -0.25) is 0 Å². The van der Waals surface area contributed by atoms with Gasteiger partial charge in [0.25, 0.3) is 0 Å². The molecule has 32 heavy (non-hydrogen) atoms. The molecule has 0 atom stereocenters. The lowest BCUT2D eigenvalue weighted by Crippen LogP contribution is -2.46. The van der Waals surface area contributed by atoms with E-state index in [9.17, 15) is 0 Å². The van der Waals surface area contributed by atoms with Crippen molar-refractivity contribution in [2.24, 2.45) is 10.4 Å². The van der Waals surface area contributed by atoms with Gasteiger partial charge in [-0.05, 0) is 55.8 Å². The number of nitrogens with one attached hydrogen (secondary N) is 2. The van der Waals surface area contributed by atoms with Gasteiger partial charge in [0.15, 0.2) is 5.96 Å². The summed E-state index contributed by atoms with van der Waals surface area (Å²) in [4.78, 5) is 14.4. The van der Waals surface area contributed by atoms with Crippen molar-refractivity contribution in [3.63, 3.8) is 0 Å². The molecule has 0 spiro atoms. The highest BCUT2D eigenvalue weighted by Gasteiger charge is 2.33. The van der Waals surface area contributed by atoms with Gasteiger partial charge in [0, 0.05) is 59.2 Å². The number of halogens is 1. The number of aliphatic imine (C=N–C) groups is 1. The topological polar surface area (TPSA) is 65.0 Å². The summed E-state index contributed by atoms with van der Waals surface area (Å²) >= 11 is 0. The van der Waals surface area contributed by atoms with E-state index < -0.39 is 0 Å². The van der Waals surface area contributed by atoms with Crippen LogP contribution in [0, 0.1) is 5.41 Å². The van der Waals surface area contributed by atoms with Crippen LogP contribution in [0.2, 0.25) is 0 Å². The maximum Gasteiger partial charge on any atom is 0.191 e. The third-order valence-corrected chi connectivity index (χ3v) is 6.85. The molecule has 0 amide bonds. The molecule has 1 saturated heterocycles. The van der Waals surface area contributed by atoms with Crippen LogP contribution in [0.5, 0.6) is 0 Å². The molecular formula is C24H43IN6O. The number of hydrogen-bond donors (Lipinski definition) is 2. The monoisotopic (exact) mass is 558 g/mol. The maximum atomic E-state index is 5.38. The number of anilines is 1. The molecule has 1 aromatic rings. The van der Waals surface area contributed by atoms with E-state index in [0.29, 0.717) is 12.0 Å². The zero-order chi connectivity index (χ0) is 21.9. The highest BCUT2D eigenvalue weighted by molar-refractivity contribution is 14.0. The molecule has 0 unspecified atom stereocenters. The van der Waals surface area contributed by atoms with E-state index in [4.69, 9.17) is 9.73 Å². The molecule has 0 bridgehead atoms. The SMILES string of the molecule is CCNC(=NCc1ccnc(N2CCN(CC)CC2)c1)NCC1(CCOC)CCCC1.I. The Hall–Kier alpha value is -1.13. The van der Waals surface area contributed by atoms with Gasteiger partial charge in [0.1, 0.15) is 5.82 Å². The van der Waals surface area contributed by atoms with Crippen molar-refractivity contribution in [1.82, 2.24) is 20.5 Å². The Morgan fingerprint density at radius 3 is 2.56 bits per heavy atom. The number of methoxy groups -OCH3 is 1. The molecule has 0 aromatic carbocycles. The first-order chi connectivity index (χ1) is 15.2. The average Bonchev–Trinajstić information content (AvgIpc) is 3.29. The summed E-state index contributed by atoms with van der Waals surface area (Å²) < 4.78 is 5.38. The van der Waals surface area contributed by atoms with E-state index in [-0.39, 0.29) is 24.0 Å². The minimum Gasteiger partial charge on any atom is -0.385 e. The van der Waals surface area contributed by atoms with Gasteiger partial charge in [-0.25, -0.2) is 9.98 Å². The summed E-state index contributed by atoms with van der Waals surface area (Å²) in [7, 11) is 1.80. The van der Waals surface area contributed by atoms with Gasteiger partial charge in [-0.15, -0.1) is 24.0 Å². The zero-order valence-corrected chi connectivity index (χ0v) is 22.6. The van der Waals surface area contributed by atoms with Gasteiger partial charge in [-0.1, -0.05) is 19.8 Å². The van der Waals surface area contributed by atoms with Gasteiger partial charge in [0.05, 0.1) is 6.54 Å². The fraction of sp³-hybridized carbons (Fsp3) is 0.750. The molecule has 2 fully saturated rings. The summed E-state index contributed by atoms with van der Waals surface area (Å²) in [6.07, 6.45) is 8.25. The van der Waals surface area contributed by atoms with Gasteiger partial charge in [0.2, 0.25) is 0 Å². The van der Waals surface area contributed by atoms with Crippen molar-refractivity contribution in [2.45, 2.75) is 52.5 Å². The van der Waals surface area contributed by atoms with E-state index in [1.807, 2.05) is 6.20 Å². The van der Waals surface area contributed by atoms with E-state index >= 15 is 0 Å². The fourth-order valence-corrected chi connectivity index (χ4v) is 4.77. The molecule has 3 rings (SSSR count). The second kappa shape index (κ2) is 14.2. The number of likely N-dealkylation sites (N-methyl/N-ethyl adjacent to an activating group) is 1. The lowest BCUT2D eigenvalue weighted by Gasteiger charge is -2.34. The van der Waals surface area contributed by atoms with Crippen LogP contribution in [0.25, 0.3) is 0 Å². The second-order valence-corrected chi connectivity index (χ2v) is 8.94. The van der Waals surface area contributed by atoms with Crippen molar-refractivity contribution in [1.29, 1.82) is 0 Å². The third-order valence-electron chi connectivity index (χ3n) is 6.85. The Balaban J connectivity index is 0.00000363. The normalized spacial score (nSPS) is 19.0. The minimum absolute atomic E-state index is 0. The molecule has 182 valence electrons. The number of piperazine rings is 1. The molecule has 2 heterocycles. The minimum atomic E-state index is 0. The van der Waals surface area contributed by atoms with Crippen LogP contribution in [0.4, 0.5) is 5.82 Å². The van der Waals surface area contributed by atoms with Gasteiger partial charge < -0.3 is 25.2 Å². The van der Waals surface area contributed by atoms with Crippen molar-refractivity contribution in [2.75, 3.05) is 64.4 Å². The summed E-state index contributed by atoms with van der Waals surface area (Å²) in [6.45, 7) is 13.1. The highest BCUT2D eigenvalue weighted by atomic mass is 127.